The summed E-state index contributed by atoms with van der Waals surface area (Å²) in [5.74, 6) is 1.21. The van der Waals surface area contributed by atoms with Crippen LogP contribution in [-0.4, -0.2) is 107 Å². The number of hydrogen-bond donors (Lipinski definition) is 0. The van der Waals surface area contributed by atoms with Crippen LogP contribution < -0.4 is 4.90 Å². The van der Waals surface area contributed by atoms with Gasteiger partial charge < -0.3 is 19.6 Å². The molecule has 11 heteroatoms. The topological polar surface area (TPSA) is 42.9 Å². The predicted molar refractivity (Wildman–Crippen MR) is 155 cm³/mol. The Bertz CT molecular complexity index is 976. The second-order valence-corrected chi connectivity index (χ2v) is 12.8. The molecule has 6 nitrogen and oxygen atoms in total. The Kier molecular flexibility index (Phi) is 9.78. The van der Waals surface area contributed by atoms with Gasteiger partial charge in [-0.1, -0.05) is 59.3 Å². The number of nitrogens with zero attached hydrogens (tertiary/aromatic N) is 5. The van der Waals surface area contributed by atoms with Crippen molar-refractivity contribution < 1.29 is 4.79 Å². The highest BCUT2D eigenvalue weighted by Gasteiger charge is 2.24. The van der Waals surface area contributed by atoms with E-state index in [1.54, 1.807) is 34.9 Å². The zero-order valence-electron chi connectivity index (χ0n) is 19.7. The van der Waals surface area contributed by atoms with E-state index in [1.807, 2.05) is 56.2 Å². The van der Waals surface area contributed by atoms with Crippen molar-refractivity contribution in [3.05, 3.63) is 23.8 Å². The lowest BCUT2D eigenvalue weighted by Crippen LogP contribution is -2.44. The van der Waals surface area contributed by atoms with Crippen molar-refractivity contribution in [3.63, 3.8) is 0 Å². The number of anilines is 1. The first-order chi connectivity index (χ1) is 15.7. The molecule has 2 aromatic rings. The zero-order chi connectivity index (χ0) is 24.1. The number of Topliss-reactive ketones (excluding diaryl/α,β-unsaturated/α-hetero) is 1. The monoisotopic (exact) mass is 541 g/mol. The maximum Gasteiger partial charge on any atom is 0.186 e. The van der Waals surface area contributed by atoms with Gasteiger partial charge in [0.2, 0.25) is 0 Å². The summed E-state index contributed by atoms with van der Waals surface area (Å²) in [4.78, 5) is 26.8. The molecule has 180 valence electrons. The lowest BCUT2D eigenvalue weighted by Gasteiger charge is -2.32. The van der Waals surface area contributed by atoms with Gasteiger partial charge in [0.15, 0.2) is 10.9 Å². The van der Waals surface area contributed by atoms with Gasteiger partial charge in [0.05, 0.1) is 10.2 Å². The molecule has 0 radical (unpaired) electrons. The molecule has 0 bridgehead atoms. The standard InChI is InChI=1S/C22H31N5OS5/c1-24(2)21(29)31-13-16(14-32-22(30)25(3)4)19(28)15-6-7-17-18(12-15)33-20(23-17)27-10-8-26(5)9-11-27/h6-7,12,16H,8-11,13-14H2,1-5H3. The number of thiocarbonyl (C=S) groups is 2. The SMILES string of the molecule is CN1CCN(c2nc3ccc(C(=O)C(CSC(=S)N(C)C)CSC(=S)N(C)C)cc3s2)CC1. The van der Waals surface area contributed by atoms with Crippen LogP contribution in [0, 0.1) is 5.92 Å². The number of likely N-dealkylation sites (N-methyl/N-ethyl adjacent to an activating group) is 1. The molecular formula is C22H31N5OS5. The molecular weight excluding hydrogens is 511 g/mol. The summed E-state index contributed by atoms with van der Waals surface area (Å²) < 4.78 is 2.62. The average molecular weight is 542 g/mol. The van der Waals surface area contributed by atoms with Gasteiger partial charge in [-0.2, -0.15) is 0 Å². The number of fused-ring (bicyclic) bond motifs is 1. The molecule has 1 fully saturated rings. The molecule has 0 atom stereocenters. The molecule has 0 aliphatic carbocycles. The number of thiazole rings is 1. The van der Waals surface area contributed by atoms with Crippen LogP contribution in [0.3, 0.4) is 0 Å². The van der Waals surface area contributed by atoms with Crippen LogP contribution in [0.25, 0.3) is 10.2 Å². The number of carbonyl (C=O) groups is 1. The van der Waals surface area contributed by atoms with Crippen molar-refractivity contribution in [2.24, 2.45) is 5.92 Å². The van der Waals surface area contributed by atoms with E-state index in [-0.39, 0.29) is 11.7 Å². The van der Waals surface area contributed by atoms with Crippen molar-refractivity contribution >= 4 is 89.1 Å². The molecule has 1 aliphatic rings. The first kappa shape index (κ1) is 26.6. The van der Waals surface area contributed by atoms with E-state index in [0.717, 1.165) is 55.7 Å². The molecule has 3 rings (SSSR count). The van der Waals surface area contributed by atoms with Crippen LogP contribution in [0.5, 0.6) is 0 Å². The summed E-state index contributed by atoms with van der Waals surface area (Å²) in [5, 5.41) is 1.04. The van der Waals surface area contributed by atoms with Gasteiger partial charge in [-0.3, -0.25) is 4.79 Å². The van der Waals surface area contributed by atoms with Crippen molar-refractivity contribution in [2.75, 3.05) is 77.8 Å². The number of ketones is 1. The number of rotatable bonds is 7. The average Bonchev–Trinajstić information content (AvgIpc) is 3.21. The molecule has 0 N–H and O–H groups in total. The fourth-order valence-electron chi connectivity index (χ4n) is 3.24. The van der Waals surface area contributed by atoms with Crippen LogP contribution in [0.4, 0.5) is 5.13 Å². The van der Waals surface area contributed by atoms with Gasteiger partial charge in [-0.05, 0) is 25.2 Å². The maximum atomic E-state index is 13.5. The maximum absolute atomic E-state index is 13.5. The summed E-state index contributed by atoms with van der Waals surface area (Å²) in [6, 6.07) is 5.89. The van der Waals surface area contributed by atoms with Gasteiger partial charge in [0, 0.05) is 77.4 Å². The van der Waals surface area contributed by atoms with Crippen molar-refractivity contribution in [2.45, 2.75) is 0 Å². The first-order valence-electron chi connectivity index (χ1n) is 10.7. The smallest absolute Gasteiger partial charge is 0.186 e. The number of aromatic nitrogens is 1. The number of hydrogen-bond acceptors (Lipinski definition) is 9. The first-order valence-corrected chi connectivity index (χ1v) is 14.3. The summed E-state index contributed by atoms with van der Waals surface area (Å²) in [6.07, 6.45) is 0. The molecule has 0 unspecified atom stereocenters. The number of benzene rings is 1. The fourth-order valence-corrected chi connectivity index (χ4v) is 6.59. The Balaban J connectivity index is 1.77. The molecule has 0 spiro atoms. The van der Waals surface area contributed by atoms with Gasteiger partial charge in [-0.25, -0.2) is 4.98 Å². The number of thioether (sulfide) groups is 2. The number of piperazine rings is 1. The molecule has 0 saturated carbocycles. The third-order valence-electron chi connectivity index (χ3n) is 5.35. The molecule has 1 aromatic heterocycles. The van der Waals surface area contributed by atoms with E-state index in [4.69, 9.17) is 29.4 Å². The van der Waals surface area contributed by atoms with E-state index < -0.39 is 0 Å². The van der Waals surface area contributed by atoms with Gasteiger partial charge in [0.25, 0.3) is 0 Å². The molecule has 1 aromatic carbocycles. The summed E-state index contributed by atoms with van der Waals surface area (Å²) in [6.45, 7) is 4.05. The minimum atomic E-state index is -0.182. The summed E-state index contributed by atoms with van der Waals surface area (Å²) in [7, 11) is 9.86. The highest BCUT2D eigenvalue weighted by Crippen LogP contribution is 2.31. The normalized spacial score (nSPS) is 14.7. The Morgan fingerprint density at radius 2 is 1.64 bits per heavy atom. The molecule has 33 heavy (non-hydrogen) atoms. The Morgan fingerprint density at radius 3 is 2.18 bits per heavy atom. The Morgan fingerprint density at radius 1 is 1.06 bits per heavy atom. The molecule has 1 saturated heterocycles. The molecule has 1 aliphatic heterocycles. The van der Waals surface area contributed by atoms with E-state index in [0.29, 0.717) is 11.5 Å². The highest BCUT2D eigenvalue weighted by atomic mass is 32.2. The lowest BCUT2D eigenvalue weighted by atomic mass is 10.0. The highest BCUT2D eigenvalue weighted by molar-refractivity contribution is 8.23. The van der Waals surface area contributed by atoms with Crippen molar-refractivity contribution in [3.8, 4) is 0 Å². The molecule has 0 amide bonds. The van der Waals surface area contributed by atoms with Crippen LogP contribution in [0.15, 0.2) is 18.2 Å². The van der Waals surface area contributed by atoms with Crippen molar-refractivity contribution in [1.82, 2.24) is 19.7 Å². The zero-order valence-corrected chi connectivity index (χ0v) is 23.8. The summed E-state index contributed by atoms with van der Waals surface area (Å²) >= 11 is 15.6. The van der Waals surface area contributed by atoms with Crippen molar-refractivity contribution in [1.29, 1.82) is 0 Å². The van der Waals surface area contributed by atoms with E-state index in [1.165, 1.54) is 0 Å². The lowest BCUT2D eigenvalue weighted by molar-refractivity contribution is 0.0944. The van der Waals surface area contributed by atoms with E-state index in [2.05, 4.69) is 16.8 Å². The van der Waals surface area contributed by atoms with Crippen LogP contribution in [0.2, 0.25) is 0 Å². The Labute approximate surface area is 220 Å². The largest absolute Gasteiger partial charge is 0.364 e. The fraction of sp³-hybridized carbons (Fsp3) is 0.545. The van der Waals surface area contributed by atoms with Crippen LogP contribution >= 0.6 is 59.3 Å². The second-order valence-electron chi connectivity index (χ2n) is 8.47. The van der Waals surface area contributed by atoms with Crippen LogP contribution in [0.1, 0.15) is 10.4 Å². The third kappa shape index (κ3) is 7.25. The Hall–Kier alpha value is -0.980. The predicted octanol–water partition coefficient (Wildman–Crippen LogP) is 4.01. The minimum Gasteiger partial charge on any atom is -0.364 e. The van der Waals surface area contributed by atoms with Gasteiger partial charge in [0.1, 0.15) is 8.64 Å². The van der Waals surface area contributed by atoms with Crippen LogP contribution in [-0.2, 0) is 0 Å². The van der Waals surface area contributed by atoms with E-state index >= 15 is 0 Å². The van der Waals surface area contributed by atoms with Gasteiger partial charge in [-0.15, -0.1) is 0 Å². The second kappa shape index (κ2) is 12.1. The molecule has 2 heterocycles. The van der Waals surface area contributed by atoms with Gasteiger partial charge >= 0.3 is 0 Å². The van der Waals surface area contributed by atoms with E-state index in [9.17, 15) is 4.79 Å². The number of carbonyl (C=O) groups excluding carboxylic acids is 1. The summed E-state index contributed by atoms with van der Waals surface area (Å²) in [5.41, 5.74) is 1.68. The quantitative estimate of drug-likeness (QED) is 0.379. The minimum absolute atomic E-state index is 0.134. The third-order valence-corrected chi connectivity index (χ3v) is 10.2.